The van der Waals surface area contributed by atoms with Crippen LogP contribution in [0.1, 0.15) is 32.5 Å². The van der Waals surface area contributed by atoms with Gasteiger partial charge in [0.05, 0.1) is 13.2 Å². The van der Waals surface area contributed by atoms with E-state index in [2.05, 4.69) is 29.2 Å². The Hall–Kier alpha value is -0.940. The fraction of sp³-hybridized carbons (Fsp3) is 0.833. The molecular weight excluding hydrogens is 216 g/mol. The van der Waals surface area contributed by atoms with Gasteiger partial charge in [-0.3, -0.25) is 4.68 Å². The normalized spacial score (nSPS) is 11.3. The van der Waals surface area contributed by atoms with E-state index in [0.29, 0.717) is 19.1 Å². The molecule has 0 saturated carbocycles. The standard InChI is InChI=1S/C12H24N4O/c1-4-11(5-2)9-16-10-14-12(15-16)8-13-6-7-17-3/h10-11,13H,4-9H2,1-3H3. The van der Waals surface area contributed by atoms with Gasteiger partial charge in [0.1, 0.15) is 6.33 Å². The molecular formula is C12H24N4O. The van der Waals surface area contributed by atoms with E-state index in [-0.39, 0.29) is 0 Å². The molecule has 0 bridgehead atoms. The molecule has 1 aromatic rings. The Morgan fingerprint density at radius 2 is 2.18 bits per heavy atom. The fourth-order valence-electron chi connectivity index (χ4n) is 1.69. The van der Waals surface area contributed by atoms with E-state index in [1.54, 1.807) is 7.11 Å². The number of rotatable bonds is 9. The maximum Gasteiger partial charge on any atom is 0.164 e. The number of methoxy groups -OCH3 is 1. The van der Waals surface area contributed by atoms with Crippen molar-refractivity contribution in [3.8, 4) is 0 Å². The van der Waals surface area contributed by atoms with Crippen LogP contribution >= 0.6 is 0 Å². The highest BCUT2D eigenvalue weighted by molar-refractivity contribution is 4.81. The number of hydrogen-bond donors (Lipinski definition) is 1. The molecule has 5 nitrogen and oxygen atoms in total. The average Bonchev–Trinajstić information content (AvgIpc) is 2.79. The van der Waals surface area contributed by atoms with Gasteiger partial charge in [-0.25, -0.2) is 4.98 Å². The minimum absolute atomic E-state index is 0.700. The molecule has 17 heavy (non-hydrogen) atoms. The van der Waals surface area contributed by atoms with Gasteiger partial charge in [0.15, 0.2) is 5.82 Å². The maximum atomic E-state index is 4.96. The summed E-state index contributed by atoms with van der Waals surface area (Å²) in [5.41, 5.74) is 0. The molecule has 0 atom stereocenters. The molecule has 0 aliphatic carbocycles. The first kappa shape index (κ1) is 14.1. The monoisotopic (exact) mass is 240 g/mol. The van der Waals surface area contributed by atoms with Crippen molar-refractivity contribution in [2.75, 3.05) is 20.3 Å². The van der Waals surface area contributed by atoms with Crippen LogP contribution in [0.25, 0.3) is 0 Å². The van der Waals surface area contributed by atoms with Crippen molar-refractivity contribution in [2.24, 2.45) is 5.92 Å². The van der Waals surface area contributed by atoms with Crippen molar-refractivity contribution in [1.29, 1.82) is 0 Å². The van der Waals surface area contributed by atoms with Crippen LogP contribution in [0.2, 0.25) is 0 Å². The minimum atomic E-state index is 0.700. The molecule has 0 aliphatic heterocycles. The van der Waals surface area contributed by atoms with Gasteiger partial charge in [0, 0.05) is 20.2 Å². The number of nitrogens with one attached hydrogen (secondary N) is 1. The largest absolute Gasteiger partial charge is 0.383 e. The predicted octanol–water partition coefficient (Wildman–Crippen LogP) is 1.45. The maximum absolute atomic E-state index is 4.96. The Labute approximate surface area is 104 Å². The van der Waals surface area contributed by atoms with Crippen molar-refractivity contribution >= 4 is 0 Å². The van der Waals surface area contributed by atoms with Crippen LogP contribution in [0.5, 0.6) is 0 Å². The quantitative estimate of drug-likeness (QED) is 0.664. The third-order valence-corrected chi connectivity index (χ3v) is 2.95. The highest BCUT2D eigenvalue weighted by Crippen LogP contribution is 2.09. The summed E-state index contributed by atoms with van der Waals surface area (Å²) in [7, 11) is 1.70. The summed E-state index contributed by atoms with van der Waals surface area (Å²) in [4.78, 5) is 4.28. The van der Waals surface area contributed by atoms with Crippen molar-refractivity contribution in [3.05, 3.63) is 12.2 Å². The molecule has 1 heterocycles. The van der Waals surface area contributed by atoms with Crippen molar-refractivity contribution < 1.29 is 4.74 Å². The number of hydrogen-bond acceptors (Lipinski definition) is 4. The van der Waals surface area contributed by atoms with Crippen LogP contribution in [-0.2, 0) is 17.8 Å². The second kappa shape index (κ2) is 8.20. The molecule has 0 fully saturated rings. The third-order valence-electron chi connectivity index (χ3n) is 2.95. The van der Waals surface area contributed by atoms with E-state index in [1.807, 2.05) is 11.0 Å². The summed E-state index contributed by atoms with van der Waals surface area (Å²) in [6.07, 6.45) is 4.21. The molecule has 0 unspecified atom stereocenters. The zero-order chi connectivity index (χ0) is 12.5. The number of ether oxygens (including phenoxy) is 1. The summed E-state index contributed by atoms with van der Waals surface area (Å²) in [6, 6.07) is 0. The molecule has 0 aliphatic rings. The van der Waals surface area contributed by atoms with Gasteiger partial charge in [-0.2, -0.15) is 5.10 Å². The topological polar surface area (TPSA) is 52.0 Å². The van der Waals surface area contributed by atoms with E-state index in [9.17, 15) is 0 Å². The summed E-state index contributed by atoms with van der Waals surface area (Å²) < 4.78 is 6.91. The van der Waals surface area contributed by atoms with Crippen molar-refractivity contribution in [3.63, 3.8) is 0 Å². The SMILES string of the molecule is CCC(CC)Cn1cnc(CNCCOC)n1. The van der Waals surface area contributed by atoms with Crippen LogP contribution in [0, 0.1) is 5.92 Å². The molecule has 1 rings (SSSR count). The smallest absolute Gasteiger partial charge is 0.164 e. The lowest BCUT2D eigenvalue weighted by Crippen LogP contribution is -2.19. The van der Waals surface area contributed by atoms with Crippen LogP contribution in [0.3, 0.4) is 0 Å². The van der Waals surface area contributed by atoms with Gasteiger partial charge in [-0.15, -0.1) is 0 Å². The molecule has 0 amide bonds. The average molecular weight is 240 g/mol. The number of aromatic nitrogens is 3. The van der Waals surface area contributed by atoms with E-state index in [0.717, 1.165) is 18.9 Å². The first-order valence-electron chi connectivity index (χ1n) is 6.38. The van der Waals surface area contributed by atoms with E-state index >= 15 is 0 Å². The summed E-state index contributed by atoms with van der Waals surface area (Å²) in [5.74, 6) is 1.55. The minimum Gasteiger partial charge on any atom is -0.383 e. The third kappa shape index (κ3) is 5.28. The summed E-state index contributed by atoms with van der Waals surface area (Å²) in [6.45, 7) is 7.67. The summed E-state index contributed by atoms with van der Waals surface area (Å²) in [5, 5.41) is 7.68. The Kier molecular flexibility index (Phi) is 6.81. The molecule has 1 aromatic heterocycles. The first-order chi connectivity index (χ1) is 8.30. The van der Waals surface area contributed by atoms with Crippen LogP contribution in [-0.4, -0.2) is 35.0 Å². The predicted molar refractivity (Wildman–Crippen MR) is 67.7 cm³/mol. The van der Waals surface area contributed by atoms with Gasteiger partial charge in [-0.05, 0) is 5.92 Å². The van der Waals surface area contributed by atoms with Gasteiger partial charge >= 0.3 is 0 Å². The second-order valence-corrected chi connectivity index (χ2v) is 4.23. The van der Waals surface area contributed by atoms with Crippen LogP contribution in [0.4, 0.5) is 0 Å². The highest BCUT2D eigenvalue weighted by Gasteiger charge is 2.06. The Morgan fingerprint density at radius 3 is 2.82 bits per heavy atom. The van der Waals surface area contributed by atoms with Gasteiger partial charge < -0.3 is 10.1 Å². The summed E-state index contributed by atoms with van der Waals surface area (Å²) >= 11 is 0. The molecule has 0 spiro atoms. The second-order valence-electron chi connectivity index (χ2n) is 4.23. The van der Waals surface area contributed by atoms with Crippen molar-refractivity contribution in [1.82, 2.24) is 20.1 Å². The van der Waals surface area contributed by atoms with Gasteiger partial charge in [0.25, 0.3) is 0 Å². The molecule has 1 N–H and O–H groups in total. The molecule has 0 radical (unpaired) electrons. The van der Waals surface area contributed by atoms with Gasteiger partial charge in [-0.1, -0.05) is 26.7 Å². The number of nitrogens with zero attached hydrogens (tertiary/aromatic N) is 3. The van der Waals surface area contributed by atoms with E-state index in [4.69, 9.17) is 4.74 Å². The molecule has 98 valence electrons. The first-order valence-corrected chi connectivity index (χ1v) is 6.38. The molecule has 0 aromatic carbocycles. The van der Waals surface area contributed by atoms with E-state index in [1.165, 1.54) is 12.8 Å². The lowest BCUT2D eigenvalue weighted by atomic mass is 10.0. The fourth-order valence-corrected chi connectivity index (χ4v) is 1.69. The lowest BCUT2D eigenvalue weighted by Gasteiger charge is -2.10. The van der Waals surface area contributed by atoms with Crippen LogP contribution < -0.4 is 5.32 Å². The zero-order valence-electron chi connectivity index (χ0n) is 11.1. The highest BCUT2D eigenvalue weighted by atomic mass is 16.5. The Morgan fingerprint density at radius 1 is 1.41 bits per heavy atom. The lowest BCUT2D eigenvalue weighted by molar-refractivity contribution is 0.199. The zero-order valence-corrected chi connectivity index (χ0v) is 11.1. The molecule has 5 heteroatoms. The van der Waals surface area contributed by atoms with E-state index < -0.39 is 0 Å². The molecule has 0 saturated heterocycles. The van der Waals surface area contributed by atoms with Crippen LogP contribution in [0.15, 0.2) is 6.33 Å². The van der Waals surface area contributed by atoms with Crippen molar-refractivity contribution in [2.45, 2.75) is 39.8 Å². The van der Waals surface area contributed by atoms with Gasteiger partial charge in [0.2, 0.25) is 0 Å². The Bertz CT molecular complexity index is 296. The Balaban J connectivity index is 2.32.